The summed E-state index contributed by atoms with van der Waals surface area (Å²) in [4.78, 5) is 10.9. The molecule has 0 aliphatic heterocycles. The molecular weight excluding hydrogens is 308 g/mol. The fourth-order valence-corrected chi connectivity index (χ4v) is 3.38. The number of nitriles is 1. The number of hydrogen-bond acceptors (Lipinski definition) is 5. The third-order valence-corrected chi connectivity index (χ3v) is 4.71. The maximum atomic E-state index is 9.37. The zero-order valence-corrected chi connectivity index (χ0v) is 14.0. The zero-order valence-electron chi connectivity index (χ0n) is 13.2. The number of aryl methyl sites for hydroxylation is 2. The average Bonchev–Trinajstić information content (AvgIpc) is 3.06. The van der Waals surface area contributed by atoms with E-state index in [0.717, 1.165) is 32.4 Å². The maximum Gasteiger partial charge on any atom is 0.145 e. The molecule has 0 saturated carbocycles. The summed E-state index contributed by atoms with van der Waals surface area (Å²) in [6.07, 6.45) is 3.82. The number of rotatable bonds is 4. The van der Waals surface area contributed by atoms with Crippen LogP contribution in [-0.2, 0) is 11.4 Å². The predicted molar refractivity (Wildman–Crippen MR) is 90.7 cm³/mol. The van der Waals surface area contributed by atoms with Crippen molar-refractivity contribution in [3.8, 4) is 6.07 Å². The molecule has 0 aliphatic carbocycles. The van der Waals surface area contributed by atoms with Crippen LogP contribution in [0.2, 0.25) is 0 Å². The van der Waals surface area contributed by atoms with Crippen LogP contribution < -0.4 is 0 Å². The van der Waals surface area contributed by atoms with Crippen molar-refractivity contribution in [2.45, 2.75) is 27.4 Å². The van der Waals surface area contributed by atoms with E-state index in [1.165, 1.54) is 0 Å². The lowest BCUT2D eigenvalue weighted by molar-refractivity contribution is 0.130. The molecule has 6 heteroatoms. The van der Waals surface area contributed by atoms with Gasteiger partial charge in [0.05, 0.1) is 32.4 Å². The first kappa shape index (κ1) is 15.3. The Bertz CT molecular complexity index is 930. The van der Waals surface area contributed by atoms with Gasteiger partial charge < -0.3 is 9.24 Å². The number of nitrogens with zero attached hydrogens (tertiary/aromatic N) is 4. The number of fused-ring (bicyclic) bond motifs is 1. The second-order valence-electron chi connectivity index (χ2n) is 5.23. The van der Waals surface area contributed by atoms with E-state index in [1.54, 1.807) is 11.3 Å². The van der Waals surface area contributed by atoms with Crippen molar-refractivity contribution >= 4 is 22.6 Å². The molecule has 0 fully saturated rings. The second-order valence-corrected chi connectivity index (χ2v) is 6.44. The Morgan fingerprint density at radius 2 is 2.26 bits per heavy atom. The van der Waals surface area contributed by atoms with Gasteiger partial charge in [-0.25, -0.2) is 4.98 Å². The van der Waals surface area contributed by atoms with E-state index < -0.39 is 0 Å². The second kappa shape index (κ2) is 6.23. The van der Waals surface area contributed by atoms with E-state index in [4.69, 9.17) is 4.84 Å². The van der Waals surface area contributed by atoms with E-state index >= 15 is 0 Å². The van der Waals surface area contributed by atoms with Crippen molar-refractivity contribution < 1.29 is 4.84 Å². The Kier molecular flexibility index (Phi) is 4.13. The van der Waals surface area contributed by atoms with Gasteiger partial charge in [-0.15, -0.1) is 11.3 Å². The van der Waals surface area contributed by atoms with E-state index in [-0.39, 0.29) is 6.61 Å². The van der Waals surface area contributed by atoms with Crippen LogP contribution in [0.5, 0.6) is 0 Å². The maximum absolute atomic E-state index is 9.37. The lowest BCUT2D eigenvalue weighted by atomic mass is 10.2. The molecule has 0 aliphatic rings. The van der Waals surface area contributed by atoms with Crippen LogP contribution in [-0.4, -0.2) is 15.1 Å². The van der Waals surface area contributed by atoms with Crippen molar-refractivity contribution in [1.82, 2.24) is 9.38 Å². The van der Waals surface area contributed by atoms with E-state index in [9.17, 15) is 5.26 Å². The smallest absolute Gasteiger partial charge is 0.145 e. The highest BCUT2D eigenvalue weighted by Gasteiger charge is 2.11. The summed E-state index contributed by atoms with van der Waals surface area (Å²) in [5.41, 5.74) is 4.10. The molecule has 23 heavy (non-hydrogen) atoms. The Labute approximate surface area is 138 Å². The molecule has 0 unspecified atom stereocenters. The lowest BCUT2D eigenvalue weighted by Crippen LogP contribution is -1.97. The molecule has 0 radical (unpaired) electrons. The molecule has 0 saturated heterocycles. The molecule has 3 aromatic rings. The van der Waals surface area contributed by atoms with Crippen LogP contribution in [0.25, 0.3) is 5.52 Å². The topological polar surface area (TPSA) is 62.7 Å². The van der Waals surface area contributed by atoms with Gasteiger partial charge in [0.15, 0.2) is 0 Å². The SMILES string of the molecule is C/C(=N/OCc1cn2ccccc2c1C#N)c1sc(C)nc1C. The number of aromatic nitrogens is 2. The minimum absolute atomic E-state index is 0.263. The lowest BCUT2D eigenvalue weighted by Gasteiger charge is -2.00. The van der Waals surface area contributed by atoms with Gasteiger partial charge in [0.2, 0.25) is 0 Å². The van der Waals surface area contributed by atoms with Crippen molar-refractivity contribution in [2.75, 3.05) is 0 Å². The molecule has 0 aromatic carbocycles. The van der Waals surface area contributed by atoms with Crippen LogP contribution in [0.1, 0.15) is 33.6 Å². The van der Waals surface area contributed by atoms with Gasteiger partial charge in [-0.2, -0.15) is 5.26 Å². The van der Waals surface area contributed by atoms with Crippen molar-refractivity contribution in [1.29, 1.82) is 5.26 Å². The van der Waals surface area contributed by atoms with Gasteiger partial charge in [-0.1, -0.05) is 11.2 Å². The van der Waals surface area contributed by atoms with Crippen LogP contribution in [0.15, 0.2) is 35.7 Å². The summed E-state index contributed by atoms with van der Waals surface area (Å²) in [5.74, 6) is 0. The Morgan fingerprint density at radius 1 is 1.43 bits per heavy atom. The highest BCUT2D eigenvalue weighted by atomic mass is 32.1. The molecule has 0 bridgehead atoms. The van der Waals surface area contributed by atoms with Crippen molar-refractivity contribution in [3.05, 3.63) is 57.3 Å². The van der Waals surface area contributed by atoms with Gasteiger partial charge in [-0.3, -0.25) is 0 Å². The molecule has 0 spiro atoms. The van der Waals surface area contributed by atoms with Gasteiger partial charge in [0.25, 0.3) is 0 Å². The van der Waals surface area contributed by atoms with Crippen molar-refractivity contribution in [2.24, 2.45) is 5.16 Å². The summed E-state index contributed by atoms with van der Waals surface area (Å²) in [5, 5.41) is 14.6. The predicted octanol–water partition coefficient (Wildman–Crippen LogP) is 3.83. The number of thiazole rings is 1. The third-order valence-electron chi connectivity index (χ3n) is 3.53. The number of pyridine rings is 1. The molecule has 3 rings (SSSR count). The summed E-state index contributed by atoms with van der Waals surface area (Å²) in [7, 11) is 0. The first-order valence-electron chi connectivity index (χ1n) is 7.19. The van der Waals surface area contributed by atoms with Crippen LogP contribution in [0, 0.1) is 25.2 Å². The molecule has 3 heterocycles. The van der Waals surface area contributed by atoms with E-state index in [2.05, 4.69) is 16.2 Å². The van der Waals surface area contributed by atoms with Crippen LogP contribution in [0.3, 0.4) is 0 Å². The highest BCUT2D eigenvalue weighted by molar-refractivity contribution is 7.13. The fourth-order valence-electron chi connectivity index (χ4n) is 2.52. The minimum atomic E-state index is 0.263. The first-order chi connectivity index (χ1) is 11.1. The molecule has 116 valence electrons. The summed E-state index contributed by atoms with van der Waals surface area (Å²) in [6.45, 7) is 6.10. The average molecular weight is 324 g/mol. The molecule has 0 atom stereocenters. The van der Waals surface area contributed by atoms with Crippen LogP contribution >= 0.6 is 11.3 Å². The van der Waals surface area contributed by atoms with E-state index in [0.29, 0.717) is 5.56 Å². The summed E-state index contributed by atoms with van der Waals surface area (Å²) >= 11 is 1.60. The fraction of sp³-hybridized carbons (Fsp3) is 0.235. The minimum Gasteiger partial charge on any atom is -0.391 e. The molecule has 0 amide bonds. The molecule has 5 nitrogen and oxygen atoms in total. The summed E-state index contributed by atoms with van der Waals surface area (Å²) in [6, 6.07) is 8.00. The third kappa shape index (κ3) is 2.96. The Balaban J connectivity index is 1.80. The molecule has 0 N–H and O–H groups in total. The van der Waals surface area contributed by atoms with Gasteiger partial charge in [-0.05, 0) is 32.9 Å². The van der Waals surface area contributed by atoms with Gasteiger partial charge in [0, 0.05) is 18.0 Å². The number of hydrogen-bond donors (Lipinski definition) is 0. The van der Waals surface area contributed by atoms with Gasteiger partial charge in [0.1, 0.15) is 12.7 Å². The Morgan fingerprint density at radius 3 is 2.96 bits per heavy atom. The first-order valence-corrected chi connectivity index (χ1v) is 8.01. The zero-order chi connectivity index (χ0) is 16.4. The standard InChI is InChI=1S/C17H16N4OS/c1-11-17(23-13(3)19-11)12(2)20-22-10-14-9-21-7-5-4-6-16(21)15(14)8-18/h4-7,9H,10H2,1-3H3/b20-12-. The number of oxime groups is 1. The van der Waals surface area contributed by atoms with Gasteiger partial charge >= 0.3 is 0 Å². The normalized spacial score (nSPS) is 11.7. The summed E-state index contributed by atoms with van der Waals surface area (Å²) < 4.78 is 1.92. The molecule has 3 aromatic heterocycles. The molecular formula is C17H16N4OS. The van der Waals surface area contributed by atoms with Crippen LogP contribution in [0.4, 0.5) is 0 Å². The van der Waals surface area contributed by atoms with E-state index in [1.807, 2.05) is 55.8 Å². The monoisotopic (exact) mass is 324 g/mol. The quantitative estimate of drug-likeness (QED) is 0.541. The highest BCUT2D eigenvalue weighted by Crippen LogP contribution is 2.20. The van der Waals surface area contributed by atoms with Crippen molar-refractivity contribution in [3.63, 3.8) is 0 Å². The largest absolute Gasteiger partial charge is 0.391 e. The Hall–Kier alpha value is -2.65.